The van der Waals surface area contributed by atoms with E-state index < -0.39 is 10.0 Å². The Morgan fingerprint density at radius 3 is 2.85 bits per heavy atom. The third kappa shape index (κ3) is 3.82. The van der Waals surface area contributed by atoms with E-state index in [2.05, 4.69) is 9.71 Å². The van der Waals surface area contributed by atoms with Crippen molar-refractivity contribution in [2.45, 2.75) is 36.9 Å². The van der Waals surface area contributed by atoms with Gasteiger partial charge in [-0.2, -0.15) is 0 Å². The molecule has 20 heavy (non-hydrogen) atoms. The summed E-state index contributed by atoms with van der Waals surface area (Å²) in [5.74, 6) is 0.841. The van der Waals surface area contributed by atoms with Crippen LogP contribution in [0, 0.1) is 6.92 Å². The molecule has 0 aliphatic heterocycles. The number of furan rings is 1. The van der Waals surface area contributed by atoms with E-state index in [1.165, 1.54) is 0 Å². The van der Waals surface area contributed by atoms with Crippen molar-refractivity contribution in [1.82, 2.24) is 9.71 Å². The monoisotopic (exact) mass is 334 g/mol. The predicted molar refractivity (Wildman–Crippen MR) is 78.7 cm³/mol. The first-order valence-electron chi connectivity index (χ1n) is 6.06. The Hall–Kier alpha value is -0.890. The summed E-state index contributed by atoms with van der Waals surface area (Å²) < 4.78 is 32.7. The second kappa shape index (κ2) is 6.26. The van der Waals surface area contributed by atoms with Gasteiger partial charge in [0.1, 0.15) is 5.76 Å². The molecule has 2 aromatic heterocycles. The van der Waals surface area contributed by atoms with Gasteiger partial charge >= 0.3 is 0 Å². The number of hydrogen-bond donors (Lipinski definition) is 1. The molecule has 2 aromatic rings. The average molecular weight is 335 g/mol. The van der Waals surface area contributed by atoms with Crippen LogP contribution in [-0.2, 0) is 16.4 Å². The number of nitrogens with one attached hydrogen (secondary N) is 1. The van der Waals surface area contributed by atoms with Crippen molar-refractivity contribution in [2.75, 3.05) is 0 Å². The van der Waals surface area contributed by atoms with Crippen LogP contribution in [0.2, 0.25) is 4.47 Å². The second-order valence-electron chi connectivity index (χ2n) is 4.48. The van der Waals surface area contributed by atoms with Crippen LogP contribution >= 0.6 is 22.9 Å². The van der Waals surface area contributed by atoms with Gasteiger partial charge in [0, 0.05) is 12.5 Å². The fraction of sp³-hybridized carbons (Fsp3) is 0.417. The minimum absolute atomic E-state index is 0.173. The first-order chi connectivity index (χ1) is 9.38. The van der Waals surface area contributed by atoms with Gasteiger partial charge in [0.15, 0.2) is 8.68 Å². The van der Waals surface area contributed by atoms with Gasteiger partial charge in [0.2, 0.25) is 0 Å². The van der Waals surface area contributed by atoms with Crippen LogP contribution in [-0.4, -0.2) is 19.4 Å². The fourth-order valence-corrected chi connectivity index (χ4v) is 4.82. The smallest absolute Gasteiger partial charge is 0.252 e. The topological polar surface area (TPSA) is 72.2 Å². The lowest BCUT2D eigenvalue weighted by atomic mass is 10.2. The van der Waals surface area contributed by atoms with Crippen molar-refractivity contribution in [3.63, 3.8) is 0 Å². The Morgan fingerprint density at radius 2 is 2.30 bits per heavy atom. The summed E-state index contributed by atoms with van der Waals surface area (Å²) in [7, 11) is -3.57. The lowest BCUT2D eigenvalue weighted by molar-refractivity contribution is 0.480. The maximum atomic E-state index is 12.2. The van der Waals surface area contributed by atoms with Crippen LogP contribution in [0.4, 0.5) is 0 Å². The molecule has 1 N–H and O–H groups in total. The molecular formula is C12H15ClN2O3S2. The van der Waals surface area contributed by atoms with Crippen molar-refractivity contribution in [3.05, 3.63) is 34.3 Å². The predicted octanol–water partition coefficient (Wildman–Crippen LogP) is 3.00. The Labute approximate surface area is 127 Å². The third-order valence-electron chi connectivity index (χ3n) is 2.73. The van der Waals surface area contributed by atoms with Gasteiger partial charge in [-0.15, -0.1) is 0 Å². The second-order valence-corrected chi connectivity index (χ2v) is 7.97. The molecule has 0 spiro atoms. The molecule has 0 fully saturated rings. The number of aromatic nitrogens is 1. The Bertz CT molecular complexity index is 665. The van der Waals surface area contributed by atoms with Crippen LogP contribution in [0.3, 0.4) is 0 Å². The number of nitrogens with zero attached hydrogens (tertiary/aromatic N) is 1. The molecule has 0 radical (unpaired) electrons. The maximum Gasteiger partial charge on any atom is 0.252 e. The zero-order chi connectivity index (χ0) is 14.8. The van der Waals surface area contributed by atoms with Gasteiger partial charge in [-0.3, -0.25) is 0 Å². The minimum Gasteiger partial charge on any atom is -0.469 e. The molecule has 0 aliphatic rings. The number of thiazole rings is 1. The summed E-state index contributed by atoms with van der Waals surface area (Å²) in [4.78, 5) is 3.92. The van der Waals surface area contributed by atoms with Gasteiger partial charge in [-0.1, -0.05) is 22.9 Å². The molecule has 0 amide bonds. The first-order valence-corrected chi connectivity index (χ1v) is 8.74. The molecule has 110 valence electrons. The normalized spacial score (nSPS) is 13.6. The van der Waals surface area contributed by atoms with Crippen LogP contribution in [0.25, 0.3) is 0 Å². The van der Waals surface area contributed by atoms with E-state index in [-0.39, 0.29) is 14.7 Å². The molecule has 0 aromatic carbocycles. The van der Waals surface area contributed by atoms with Crippen molar-refractivity contribution in [2.24, 2.45) is 0 Å². The lowest BCUT2D eigenvalue weighted by Crippen LogP contribution is -2.32. The molecule has 1 unspecified atom stereocenters. The van der Waals surface area contributed by atoms with Crippen LogP contribution in [0.1, 0.15) is 24.8 Å². The SMILES string of the molecule is Cc1nc(Cl)sc1S(=O)(=O)NC(C)CCc1ccco1. The molecule has 2 heterocycles. The summed E-state index contributed by atoms with van der Waals surface area (Å²) in [6.07, 6.45) is 2.93. The van der Waals surface area contributed by atoms with Crippen molar-refractivity contribution in [3.8, 4) is 0 Å². The summed E-state index contributed by atoms with van der Waals surface area (Å²) in [5.41, 5.74) is 0.422. The third-order valence-corrected chi connectivity index (χ3v) is 6.19. The van der Waals surface area contributed by atoms with Gasteiger partial charge in [0.05, 0.1) is 12.0 Å². The van der Waals surface area contributed by atoms with Crippen molar-refractivity contribution >= 4 is 33.0 Å². The molecule has 2 rings (SSSR count). The highest BCUT2D eigenvalue weighted by atomic mass is 35.5. The number of aryl methyl sites for hydroxylation is 2. The van der Waals surface area contributed by atoms with Gasteiger partial charge in [-0.25, -0.2) is 18.1 Å². The van der Waals surface area contributed by atoms with E-state index in [4.69, 9.17) is 16.0 Å². The molecule has 0 aliphatic carbocycles. The van der Waals surface area contributed by atoms with E-state index in [1.54, 1.807) is 13.2 Å². The zero-order valence-corrected chi connectivity index (χ0v) is 13.5. The summed E-state index contributed by atoms with van der Waals surface area (Å²) in [6, 6.07) is 3.48. The largest absolute Gasteiger partial charge is 0.469 e. The Morgan fingerprint density at radius 1 is 1.55 bits per heavy atom. The lowest BCUT2D eigenvalue weighted by Gasteiger charge is -2.12. The maximum absolute atomic E-state index is 12.2. The summed E-state index contributed by atoms with van der Waals surface area (Å²) in [6.45, 7) is 3.45. The van der Waals surface area contributed by atoms with Crippen molar-refractivity contribution in [1.29, 1.82) is 0 Å². The van der Waals surface area contributed by atoms with Gasteiger partial charge < -0.3 is 4.42 Å². The highest BCUT2D eigenvalue weighted by Gasteiger charge is 2.23. The standard InChI is InChI=1S/C12H15ClN2O3S2/c1-8(5-6-10-4-3-7-18-10)15-20(16,17)11-9(2)14-12(13)19-11/h3-4,7-8,15H,5-6H2,1-2H3. The molecule has 8 heteroatoms. The molecular weight excluding hydrogens is 320 g/mol. The van der Waals surface area contributed by atoms with Crippen LogP contribution in [0.5, 0.6) is 0 Å². The quantitative estimate of drug-likeness (QED) is 0.881. The molecule has 0 saturated heterocycles. The highest BCUT2D eigenvalue weighted by Crippen LogP contribution is 2.26. The minimum atomic E-state index is -3.57. The molecule has 0 saturated carbocycles. The van der Waals surface area contributed by atoms with E-state index in [0.29, 0.717) is 18.5 Å². The van der Waals surface area contributed by atoms with E-state index in [1.807, 2.05) is 19.1 Å². The van der Waals surface area contributed by atoms with Crippen LogP contribution in [0.15, 0.2) is 27.0 Å². The summed E-state index contributed by atoms with van der Waals surface area (Å²) >= 11 is 6.70. The van der Waals surface area contributed by atoms with E-state index in [0.717, 1.165) is 17.1 Å². The Kier molecular flexibility index (Phi) is 4.85. The number of rotatable bonds is 6. The van der Waals surface area contributed by atoms with Gasteiger partial charge in [0.25, 0.3) is 10.0 Å². The van der Waals surface area contributed by atoms with E-state index in [9.17, 15) is 8.42 Å². The summed E-state index contributed by atoms with van der Waals surface area (Å²) in [5, 5.41) is 0. The highest BCUT2D eigenvalue weighted by molar-refractivity contribution is 7.91. The zero-order valence-electron chi connectivity index (χ0n) is 11.1. The van der Waals surface area contributed by atoms with Gasteiger partial charge in [-0.05, 0) is 32.4 Å². The first kappa shape index (κ1) is 15.5. The van der Waals surface area contributed by atoms with E-state index >= 15 is 0 Å². The van der Waals surface area contributed by atoms with Crippen LogP contribution < -0.4 is 4.72 Å². The number of halogens is 1. The van der Waals surface area contributed by atoms with Crippen molar-refractivity contribution < 1.29 is 12.8 Å². The number of sulfonamides is 1. The molecule has 1 atom stereocenters. The Balaban J connectivity index is 1.99. The molecule has 0 bridgehead atoms. The molecule has 5 nitrogen and oxygen atoms in total. The number of hydrogen-bond acceptors (Lipinski definition) is 5. The fourth-order valence-electron chi connectivity index (χ4n) is 1.79. The average Bonchev–Trinajstić information content (AvgIpc) is 2.95.